The predicted molar refractivity (Wildman–Crippen MR) is 98.8 cm³/mol. The number of nitrogens with zero attached hydrogens (tertiary/aromatic N) is 3. The molecular weight excluding hydrogens is 336 g/mol. The summed E-state index contributed by atoms with van der Waals surface area (Å²) in [5.41, 5.74) is 2.88. The molecule has 0 unspecified atom stereocenters. The van der Waals surface area contributed by atoms with Gasteiger partial charge in [0, 0.05) is 25.7 Å². The highest BCUT2D eigenvalue weighted by Crippen LogP contribution is 2.15. The number of imidazole rings is 1. The van der Waals surface area contributed by atoms with Crippen LogP contribution in [-0.4, -0.2) is 35.3 Å². The number of fused-ring (bicyclic) bond motifs is 1. The Kier molecular flexibility index (Phi) is 5.45. The second-order valence-electron chi connectivity index (χ2n) is 5.81. The first-order valence-electron chi connectivity index (χ1n) is 8.40. The second kappa shape index (κ2) is 7.76. The molecule has 0 spiro atoms. The van der Waals surface area contributed by atoms with Crippen LogP contribution in [0.1, 0.15) is 18.3 Å². The molecule has 3 aromatic rings. The molecule has 7 heteroatoms. The summed E-state index contributed by atoms with van der Waals surface area (Å²) in [5, 5.41) is 0. The summed E-state index contributed by atoms with van der Waals surface area (Å²) in [6, 6.07) is 14.0. The van der Waals surface area contributed by atoms with E-state index in [1.807, 2.05) is 34.9 Å². The Morgan fingerprint density at radius 2 is 1.88 bits per heavy atom. The van der Waals surface area contributed by atoms with Crippen molar-refractivity contribution in [1.82, 2.24) is 19.3 Å². The Bertz CT molecular complexity index is 936. The van der Waals surface area contributed by atoms with E-state index in [0.717, 1.165) is 29.8 Å². The molecule has 0 bridgehead atoms. The van der Waals surface area contributed by atoms with Gasteiger partial charge in [-0.05, 0) is 31.0 Å². The zero-order chi connectivity index (χ0) is 17.7. The molecule has 0 saturated heterocycles. The number of nitrogens with one attached hydrogen (secondary N) is 1. The van der Waals surface area contributed by atoms with Crippen LogP contribution < -0.4 is 4.72 Å². The van der Waals surface area contributed by atoms with Crippen molar-refractivity contribution < 1.29 is 8.42 Å². The average Bonchev–Trinajstić information content (AvgIpc) is 2.99. The SMILES string of the molecule is CCS(=O)(=O)NCCn1c(CCc2ccccc2)nc2cccnc21. The van der Waals surface area contributed by atoms with Gasteiger partial charge in [-0.3, -0.25) is 0 Å². The number of pyridine rings is 1. The summed E-state index contributed by atoms with van der Waals surface area (Å²) < 4.78 is 27.9. The van der Waals surface area contributed by atoms with Crippen molar-refractivity contribution >= 4 is 21.2 Å². The van der Waals surface area contributed by atoms with Gasteiger partial charge < -0.3 is 4.57 Å². The van der Waals surface area contributed by atoms with Crippen LogP contribution in [0.3, 0.4) is 0 Å². The van der Waals surface area contributed by atoms with Gasteiger partial charge in [-0.15, -0.1) is 0 Å². The minimum Gasteiger partial charge on any atom is -0.311 e. The van der Waals surface area contributed by atoms with Gasteiger partial charge in [0.1, 0.15) is 11.3 Å². The van der Waals surface area contributed by atoms with Crippen molar-refractivity contribution in [3.63, 3.8) is 0 Å². The molecule has 0 radical (unpaired) electrons. The highest BCUT2D eigenvalue weighted by molar-refractivity contribution is 7.89. The molecule has 1 aromatic carbocycles. The average molecular weight is 358 g/mol. The van der Waals surface area contributed by atoms with Crippen molar-refractivity contribution in [2.24, 2.45) is 0 Å². The van der Waals surface area contributed by atoms with Crippen LogP contribution in [0, 0.1) is 0 Å². The zero-order valence-corrected chi connectivity index (χ0v) is 15.0. The molecule has 3 rings (SSSR count). The van der Waals surface area contributed by atoms with Crippen LogP contribution in [0.25, 0.3) is 11.2 Å². The third-order valence-corrected chi connectivity index (χ3v) is 5.50. The van der Waals surface area contributed by atoms with Gasteiger partial charge in [0.15, 0.2) is 5.65 Å². The van der Waals surface area contributed by atoms with Crippen LogP contribution in [-0.2, 0) is 29.4 Å². The molecular formula is C18H22N4O2S. The molecule has 1 N–H and O–H groups in total. The molecule has 2 aromatic heterocycles. The van der Waals surface area contributed by atoms with Gasteiger partial charge in [-0.1, -0.05) is 30.3 Å². The Morgan fingerprint density at radius 3 is 2.64 bits per heavy atom. The number of aromatic nitrogens is 3. The fraction of sp³-hybridized carbons (Fsp3) is 0.333. The summed E-state index contributed by atoms with van der Waals surface area (Å²) in [4.78, 5) is 9.10. The van der Waals surface area contributed by atoms with Crippen LogP contribution in [0.5, 0.6) is 0 Å². The zero-order valence-electron chi connectivity index (χ0n) is 14.2. The Balaban J connectivity index is 1.79. The first-order valence-corrected chi connectivity index (χ1v) is 10.1. The Labute approximate surface area is 148 Å². The maximum Gasteiger partial charge on any atom is 0.211 e. The maximum atomic E-state index is 11.6. The highest BCUT2D eigenvalue weighted by atomic mass is 32.2. The third kappa shape index (κ3) is 4.43. The number of rotatable bonds is 8. The molecule has 0 saturated carbocycles. The number of hydrogen-bond donors (Lipinski definition) is 1. The first kappa shape index (κ1) is 17.6. The Hall–Kier alpha value is -2.25. The van der Waals surface area contributed by atoms with Gasteiger partial charge in [-0.25, -0.2) is 23.1 Å². The molecule has 0 atom stereocenters. The summed E-state index contributed by atoms with van der Waals surface area (Å²) in [5.74, 6) is 1.00. The topological polar surface area (TPSA) is 76.9 Å². The van der Waals surface area contributed by atoms with Gasteiger partial charge in [0.2, 0.25) is 10.0 Å². The van der Waals surface area contributed by atoms with Gasteiger partial charge in [0.25, 0.3) is 0 Å². The first-order chi connectivity index (χ1) is 12.1. The van der Waals surface area contributed by atoms with E-state index in [-0.39, 0.29) is 5.75 Å². The summed E-state index contributed by atoms with van der Waals surface area (Å²) in [6.45, 7) is 2.47. The van der Waals surface area contributed by atoms with E-state index in [9.17, 15) is 8.42 Å². The van der Waals surface area contributed by atoms with E-state index in [0.29, 0.717) is 13.1 Å². The molecule has 132 valence electrons. The van der Waals surface area contributed by atoms with Crippen molar-refractivity contribution in [3.8, 4) is 0 Å². The standard InChI is InChI=1S/C18H22N4O2S/c1-2-25(23,24)20-13-14-22-17(11-10-15-7-4-3-5-8-15)21-16-9-6-12-19-18(16)22/h3-9,12,20H,2,10-11,13-14H2,1H3. The molecule has 0 fully saturated rings. The van der Waals surface area contributed by atoms with Gasteiger partial charge >= 0.3 is 0 Å². The lowest BCUT2D eigenvalue weighted by Crippen LogP contribution is -2.29. The van der Waals surface area contributed by atoms with E-state index < -0.39 is 10.0 Å². The summed E-state index contributed by atoms with van der Waals surface area (Å²) in [6.07, 6.45) is 3.39. The maximum absolute atomic E-state index is 11.6. The summed E-state index contributed by atoms with van der Waals surface area (Å²) >= 11 is 0. The Morgan fingerprint density at radius 1 is 1.08 bits per heavy atom. The largest absolute Gasteiger partial charge is 0.311 e. The predicted octanol–water partition coefficient (Wildman–Crippen LogP) is 2.16. The lowest BCUT2D eigenvalue weighted by molar-refractivity contribution is 0.571. The highest BCUT2D eigenvalue weighted by Gasteiger charge is 2.13. The smallest absolute Gasteiger partial charge is 0.211 e. The van der Waals surface area contributed by atoms with Crippen LogP contribution in [0.2, 0.25) is 0 Å². The van der Waals surface area contributed by atoms with Crippen LogP contribution >= 0.6 is 0 Å². The summed E-state index contributed by atoms with van der Waals surface area (Å²) in [7, 11) is -3.20. The second-order valence-corrected chi connectivity index (χ2v) is 7.90. The number of aryl methyl sites for hydroxylation is 2. The molecule has 2 heterocycles. The number of hydrogen-bond acceptors (Lipinski definition) is 4. The van der Waals surface area contributed by atoms with E-state index in [2.05, 4.69) is 26.8 Å². The monoisotopic (exact) mass is 358 g/mol. The third-order valence-electron chi connectivity index (χ3n) is 4.10. The number of sulfonamides is 1. The molecule has 0 aliphatic carbocycles. The van der Waals surface area contributed by atoms with Crippen molar-refractivity contribution in [3.05, 3.63) is 60.0 Å². The van der Waals surface area contributed by atoms with Crippen LogP contribution in [0.15, 0.2) is 48.7 Å². The minimum atomic E-state index is -3.20. The lowest BCUT2D eigenvalue weighted by atomic mass is 10.1. The fourth-order valence-corrected chi connectivity index (χ4v) is 3.35. The molecule has 0 aliphatic heterocycles. The van der Waals surface area contributed by atoms with Crippen molar-refractivity contribution in [2.75, 3.05) is 12.3 Å². The van der Waals surface area contributed by atoms with E-state index in [1.54, 1.807) is 13.1 Å². The van der Waals surface area contributed by atoms with E-state index in [1.165, 1.54) is 5.56 Å². The fourth-order valence-electron chi connectivity index (χ4n) is 2.75. The molecule has 0 amide bonds. The minimum absolute atomic E-state index is 0.0801. The van der Waals surface area contributed by atoms with E-state index >= 15 is 0 Å². The quantitative estimate of drug-likeness (QED) is 0.669. The molecule has 0 aliphatic rings. The normalized spacial score (nSPS) is 11.9. The number of benzene rings is 1. The lowest BCUT2D eigenvalue weighted by Gasteiger charge is -2.10. The molecule has 6 nitrogen and oxygen atoms in total. The van der Waals surface area contributed by atoms with Crippen molar-refractivity contribution in [2.45, 2.75) is 26.3 Å². The molecule has 25 heavy (non-hydrogen) atoms. The van der Waals surface area contributed by atoms with Gasteiger partial charge in [0.05, 0.1) is 5.75 Å². The van der Waals surface area contributed by atoms with Crippen molar-refractivity contribution in [1.29, 1.82) is 0 Å². The van der Waals surface area contributed by atoms with E-state index in [4.69, 9.17) is 0 Å². The van der Waals surface area contributed by atoms with Crippen LogP contribution in [0.4, 0.5) is 0 Å². The van der Waals surface area contributed by atoms with Gasteiger partial charge in [-0.2, -0.15) is 0 Å².